The Kier molecular flexibility index (Phi) is 2.85. The number of hydrogen-bond acceptors (Lipinski definition) is 3. The number of nitrogens with one attached hydrogen (secondary N) is 2. The van der Waals surface area contributed by atoms with Gasteiger partial charge in [0.15, 0.2) is 11.5 Å². The van der Waals surface area contributed by atoms with Crippen molar-refractivity contribution in [1.82, 2.24) is 10.6 Å². The second-order valence-electron chi connectivity index (χ2n) is 3.56. The third kappa shape index (κ3) is 2.03. The first kappa shape index (κ1) is 10.6. The lowest BCUT2D eigenvalue weighted by molar-refractivity contribution is 0.174. The van der Waals surface area contributed by atoms with Crippen LogP contribution in [0, 0.1) is 6.92 Å². The summed E-state index contributed by atoms with van der Waals surface area (Å²) in [5, 5.41) is 5.24. The first-order valence-electron chi connectivity index (χ1n) is 5.05. The van der Waals surface area contributed by atoms with E-state index >= 15 is 0 Å². The highest BCUT2D eigenvalue weighted by molar-refractivity contribution is 5.73. The van der Waals surface area contributed by atoms with Gasteiger partial charge in [-0.15, -0.1) is 0 Å². The standard InChI is InChI=1S/C11H14N2O3/c1-7-3-9-10(16-6-15-9)4-8(7)5-13-11(14)12-2/h3-4H,5-6H2,1-2H3,(H2,12,13,14). The smallest absolute Gasteiger partial charge is 0.314 e. The molecule has 2 N–H and O–H groups in total. The third-order valence-electron chi connectivity index (χ3n) is 2.50. The van der Waals surface area contributed by atoms with Crippen LogP contribution in [0.2, 0.25) is 0 Å². The van der Waals surface area contributed by atoms with Gasteiger partial charge in [-0.05, 0) is 30.2 Å². The Morgan fingerprint density at radius 1 is 1.38 bits per heavy atom. The van der Waals surface area contributed by atoms with Crippen molar-refractivity contribution in [3.63, 3.8) is 0 Å². The zero-order valence-electron chi connectivity index (χ0n) is 9.29. The molecule has 0 aliphatic carbocycles. The van der Waals surface area contributed by atoms with Crippen molar-refractivity contribution in [2.24, 2.45) is 0 Å². The highest BCUT2D eigenvalue weighted by atomic mass is 16.7. The van der Waals surface area contributed by atoms with Gasteiger partial charge in [0, 0.05) is 13.6 Å². The molecule has 0 bridgehead atoms. The van der Waals surface area contributed by atoms with E-state index in [0.29, 0.717) is 6.54 Å². The molecular weight excluding hydrogens is 208 g/mol. The molecule has 0 atom stereocenters. The maximum Gasteiger partial charge on any atom is 0.314 e. The molecule has 1 heterocycles. The molecule has 0 aromatic heterocycles. The van der Waals surface area contributed by atoms with Gasteiger partial charge in [0.05, 0.1) is 0 Å². The van der Waals surface area contributed by atoms with Crippen LogP contribution < -0.4 is 20.1 Å². The maximum atomic E-state index is 11.1. The van der Waals surface area contributed by atoms with E-state index in [2.05, 4.69) is 10.6 Å². The second kappa shape index (κ2) is 4.30. The summed E-state index contributed by atoms with van der Waals surface area (Å²) < 4.78 is 10.5. The molecule has 1 aromatic rings. The van der Waals surface area contributed by atoms with Crippen LogP contribution in [0.25, 0.3) is 0 Å². The van der Waals surface area contributed by atoms with E-state index in [0.717, 1.165) is 22.6 Å². The maximum absolute atomic E-state index is 11.1. The Labute approximate surface area is 93.7 Å². The fourth-order valence-corrected chi connectivity index (χ4v) is 1.54. The minimum atomic E-state index is -0.197. The molecule has 2 rings (SSSR count). The van der Waals surface area contributed by atoms with Crippen LogP contribution in [-0.2, 0) is 6.54 Å². The van der Waals surface area contributed by atoms with Crippen molar-refractivity contribution >= 4 is 6.03 Å². The van der Waals surface area contributed by atoms with Crippen molar-refractivity contribution in [3.05, 3.63) is 23.3 Å². The number of hydrogen-bond donors (Lipinski definition) is 2. The Hall–Kier alpha value is -1.91. The van der Waals surface area contributed by atoms with Crippen LogP contribution in [0.1, 0.15) is 11.1 Å². The lowest BCUT2D eigenvalue weighted by Crippen LogP contribution is -2.32. The number of aryl methyl sites for hydroxylation is 1. The van der Waals surface area contributed by atoms with Crippen LogP contribution >= 0.6 is 0 Å². The number of carbonyl (C=O) groups excluding carboxylic acids is 1. The zero-order chi connectivity index (χ0) is 11.5. The van der Waals surface area contributed by atoms with E-state index in [4.69, 9.17) is 9.47 Å². The van der Waals surface area contributed by atoms with Crippen molar-refractivity contribution in [2.75, 3.05) is 13.8 Å². The molecule has 5 nitrogen and oxygen atoms in total. The molecule has 5 heteroatoms. The number of urea groups is 1. The third-order valence-corrected chi connectivity index (χ3v) is 2.50. The molecular formula is C11H14N2O3. The summed E-state index contributed by atoms with van der Waals surface area (Å²) in [5.74, 6) is 1.50. The van der Waals surface area contributed by atoms with E-state index < -0.39 is 0 Å². The number of fused-ring (bicyclic) bond motifs is 1. The molecule has 0 radical (unpaired) electrons. The van der Waals surface area contributed by atoms with E-state index in [-0.39, 0.29) is 12.8 Å². The van der Waals surface area contributed by atoms with Gasteiger partial charge in [-0.3, -0.25) is 0 Å². The molecule has 1 aromatic carbocycles. The summed E-state index contributed by atoms with van der Waals surface area (Å²) in [5.41, 5.74) is 2.09. The van der Waals surface area contributed by atoms with Gasteiger partial charge in [-0.1, -0.05) is 0 Å². The first-order chi connectivity index (χ1) is 7.70. The fraction of sp³-hybridized carbons (Fsp3) is 0.364. The summed E-state index contributed by atoms with van der Waals surface area (Å²) in [6.07, 6.45) is 0. The number of benzene rings is 1. The molecule has 0 fully saturated rings. The van der Waals surface area contributed by atoms with E-state index in [1.807, 2.05) is 19.1 Å². The monoisotopic (exact) mass is 222 g/mol. The first-order valence-corrected chi connectivity index (χ1v) is 5.05. The summed E-state index contributed by atoms with van der Waals surface area (Å²) in [6.45, 7) is 2.71. The normalized spacial score (nSPS) is 12.4. The summed E-state index contributed by atoms with van der Waals surface area (Å²) in [7, 11) is 1.59. The van der Waals surface area contributed by atoms with E-state index in [1.165, 1.54) is 0 Å². The van der Waals surface area contributed by atoms with Gasteiger partial charge in [0.1, 0.15) is 0 Å². The SMILES string of the molecule is CNC(=O)NCc1cc2c(cc1C)OCO2. The average molecular weight is 222 g/mol. The largest absolute Gasteiger partial charge is 0.454 e. The minimum Gasteiger partial charge on any atom is -0.454 e. The molecule has 1 aliphatic heterocycles. The van der Waals surface area contributed by atoms with E-state index in [1.54, 1.807) is 7.05 Å². The molecule has 0 saturated heterocycles. The number of amides is 2. The van der Waals surface area contributed by atoms with Crippen molar-refractivity contribution in [2.45, 2.75) is 13.5 Å². The van der Waals surface area contributed by atoms with Gasteiger partial charge in [-0.25, -0.2) is 4.79 Å². The molecule has 0 saturated carbocycles. The van der Waals surface area contributed by atoms with Crippen LogP contribution in [0.5, 0.6) is 11.5 Å². The second-order valence-corrected chi connectivity index (χ2v) is 3.56. The number of carbonyl (C=O) groups is 1. The van der Waals surface area contributed by atoms with Gasteiger partial charge in [0.2, 0.25) is 6.79 Å². The van der Waals surface area contributed by atoms with Crippen LogP contribution in [0.3, 0.4) is 0 Å². The van der Waals surface area contributed by atoms with Gasteiger partial charge < -0.3 is 20.1 Å². The molecule has 2 amide bonds. The topological polar surface area (TPSA) is 59.6 Å². The Morgan fingerprint density at radius 3 is 2.75 bits per heavy atom. The molecule has 86 valence electrons. The average Bonchev–Trinajstić information content (AvgIpc) is 2.72. The number of rotatable bonds is 2. The predicted molar refractivity (Wildman–Crippen MR) is 58.6 cm³/mol. The molecule has 16 heavy (non-hydrogen) atoms. The molecule has 1 aliphatic rings. The van der Waals surface area contributed by atoms with Crippen molar-refractivity contribution in [1.29, 1.82) is 0 Å². The fourth-order valence-electron chi connectivity index (χ4n) is 1.54. The van der Waals surface area contributed by atoms with Gasteiger partial charge >= 0.3 is 6.03 Å². The van der Waals surface area contributed by atoms with Gasteiger partial charge in [0.25, 0.3) is 0 Å². The molecule has 0 unspecified atom stereocenters. The lowest BCUT2D eigenvalue weighted by atomic mass is 10.1. The van der Waals surface area contributed by atoms with Crippen molar-refractivity contribution in [3.8, 4) is 11.5 Å². The van der Waals surface area contributed by atoms with Crippen LogP contribution in [0.15, 0.2) is 12.1 Å². The predicted octanol–water partition coefficient (Wildman–Crippen LogP) is 1.15. The van der Waals surface area contributed by atoms with Gasteiger partial charge in [-0.2, -0.15) is 0 Å². The summed E-state index contributed by atoms with van der Waals surface area (Å²) in [6, 6.07) is 3.62. The quantitative estimate of drug-likeness (QED) is 0.789. The van der Waals surface area contributed by atoms with E-state index in [9.17, 15) is 4.79 Å². The molecule has 0 spiro atoms. The van der Waals surface area contributed by atoms with Crippen molar-refractivity contribution < 1.29 is 14.3 Å². The Bertz CT molecular complexity index is 418. The highest BCUT2D eigenvalue weighted by Crippen LogP contribution is 2.34. The Morgan fingerprint density at radius 2 is 2.06 bits per heavy atom. The highest BCUT2D eigenvalue weighted by Gasteiger charge is 2.15. The van der Waals surface area contributed by atoms with Crippen LogP contribution in [-0.4, -0.2) is 19.9 Å². The zero-order valence-corrected chi connectivity index (χ0v) is 9.29. The number of ether oxygens (including phenoxy) is 2. The minimum absolute atomic E-state index is 0.197. The summed E-state index contributed by atoms with van der Waals surface area (Å²) in [4.78, 5) is 11.1. The Balaban J connectivity index is 2.12. The lowest BCUT2D eigenvalue weighted by Gasteiger charge is -2.08. The van der Waals surface area contributed by atoms with Crippen LogP contribution in [0.4, 0.5) is 4.79 Å². The summed E-state index contributed by atoms with van der Waals surface area (Å²) >= 11 is 0.